The molecule has 0 radical (unpaired) electrons. The molecule has 0 aliphatic carbocycles. The predicted octanol–water partition coefficient (Wildman–Crippen LogP) is 3.52. The van der Waals surface area contributed by atoms with Crippen molar-refractivity contribution in [1.29, 1.82) is 0 Å². The van der Waals surface area contributed by atoms with Gasteiger partial charge in [-0.05, 0) is 42.1 Å². The van der Waals surface area contributed by atoms with Crippen LogP contribution in [0.1, 0.15) is 25.0 Å². The van der Waals surface area contributed by atoms with Crippen LogP contribution in [0, 0.1) is 5.92 Å². The first-order valence-corrected chi connectivity index (χ1v) is 7.78. The van der Waals surface area contributed by atoms with Gasteiger partial charge < -0.3 is 10.2 Å². The number of hydrogen-bond acceptors (Lipinski definition) is 3. The normalized spacial score (nSPS) is 17.6. The van der Waals surface area contributed by atoms with Crippen molar-refractivity contribution in [2.45, 2.75) is 26.8 Å². The van der Waals surface area contributed by atoms with Crippen molar-refractivity contribution >= 4 is 11.4 Å². The van der Waals surface area contributed by atoms with Gasteiger partial charge in [0.1, 0.15) is 0 Å². The van der Waals surface area contributed by atoms with Crippen molar-refractivity contribution < 1.29 is 0 Å². The van der Waals surface area contributed by atoms with E-state index in [2.05, 4.69) is 59.4 Å². The minimum absolute atomic E-state index is 0.659. The second-order valence-corrected chi connectivity index (χ2v) is 5.83. The van der Waals surface area contributed by atoms with Crippen LogP contribution in [0.3, 0.4) is 0 Å². The Kier molecular flexibility index (Phi) is 4.20. The molecular formula is C18H23N3. The first kappa shape index (κ1) is 14.1. The fourth-order valence-electron chi connectivity index (χ4n) is 3.09. The summed E-state index contributed by atoms with van der Waals surface area (Å²) < 4.78 is 0. The molecule has 2 heterocycles. The Morgan fingerprint density at radius 3 is 2.95 bits per heavy atom. The molecule has 0 saturated carbocycles. The van der Waals surface area contributed by atoms with Crippen LogP contribution in [0.4, 0.5) is 11.4 Å². The fraction of sp³-hybridized carbons (Fsp3) is 0.389. The summed E-state index contributed by atoms with van der Waals surface area (Å²) in [7, 11) is 0. The van der Waals surface area contributed by atoms with Gasteiger partial charge in [0.2, 0.25) is 0 Å². The number of nitrogens with one attached hydrogen (secondary N) is 1. The lowest BCUT2D eigenvalue weighted by Gasteiger charge is -2.35. The van der Waals surface area contributed by atoms with E-state index in [4.69, 9.17) is 0 Å². The van der Waals surface area contributed by atoms with E-state index in [0.29, 0.717) is 5.92 Å². The molecule has 1 aliphatic rings. The maximum absolute atomic E-state index is 4.36. The lowest BCUT2D eigenvalue weighted by Crippen LogP contribution is -2.31. The molecule has 3 rings (SSSR count). The average Bonchev–Trinajstić information content (AvgIpc) is 2.52. The lowest BCUT2D eigenvalue weighted by atomic mass is 9.93. The van der Waals surface area contributed by atoms with Gasteiger partial charge in [0.05, 0.1) is 11.9 Å². The molecule has 0 spiro atoms. The van der Waals surface area contributed by atoms with Crippen LogP contribution >= 0.6 is 0 Å². The third-order valence-corrected chi connectivity index (χ3v) is 4.09. The van der Waals surface area contributed by atoms with Crippen molar-refractivity contribution in [2.75, 3.05) is 18.0 Å². The molecular weight excluding hydrogens is 258 g/mol. The monoisotopic (exact) mass is 281 g/mol. The topological polar surface area (TPSA) is 28.2 Å². The van der Waals surface area contributed by atoms with Crippen molar-refractivity contribution in [3.63, 3.8) is 0 Å². The highest BCUT2D eigenvalue weighted by atomic mass is 15.2. The molecule has 1 aromatic carbocycles. The lowest BCUT2D eigenvalue weighted by molar-refractivity contribution is 0.560. The van der Waals surface area contributed by atoms with E-state index in [-0.39, 0.29) is 0 Å². The molecule has 1 aromatic heterocycles. The summed E-state index contributed by atoms with van der Waals surface area (Å²) in [6.07, 6.45) is 5.05. The molecule has 0 saturated heterocycles. The number of anilines is 2. The maximum atomic E-state index is 4.36. The smallest absolute Gasteiger partial charge is 0.0642 e. The zero-order valence-corrected chi connectivity index (χ0v) is 12.8. The van der Waals surface area contributed by atoms with Crippen molar-refractivity contribution in [3.8, 4) is 0 Å². The third-order valence-electron chi connectivity index (χ3n) is 4.09. The van der Waals surface area contributed by atoms with E-state index >= 15 is 0 Å². The van der Waals surface area contributed by atoms with E-state index in [1.807, 2.05) is 12.4 Å². The van der Waals surface area contributed by atoms with E-state index < -0.39 is 0 Å². The zero-order valence-electron chi connectivity index (χ0n) is 12.8. The van der Waals surface area contributed by atoms with Crippen molar-refractivity contribution in [1.82, 2.24) is 10.3 Å². The molecule has 1 aliphatic heterocycles. The SMILES string of the molecule is CCNCc1ccncc1N1CC(C)Cc2ccccc21. The van der Waals surface area contributed by atoms with Gasteiger partial charge in [-0.15, -0.1) is 0 Å². The molecule has 1 unspecified atom stereocenters. The Morgan fingerprint density at radius 2 is 2.10 bits per heavy atom. The zero-order chi connectivity index (χ0) is 14.7. The predicted molar refractivity (Wildman–Crippen MR) is 87.9 cm³/mol. The molecule has 110 valence electrons. The van der Waals surface area contributed by atoms with Gasteiger partial charge in [-0.25, -0.2) is 0 Å². The number of pyridine rings is 1. The summed E-state index contributed by atoms with van der Waals surface area (Å²) in [5.41, 5.74) is 5.32. The molecule has 3 nitrogen and oxygen atoms in total. The van der Waals surface area contributed by atoms with Crippen LogP contribution in [0.5, 0.6) is 0 Å². The van der Waals surface area contributed by atoms with Crippen LogP contribution in [-0.4, -0.2) is 18.1 Å². The number of para-hydroxylation sites is 1. The van der Waals surface area contributed by atoms with Crippen LogP contribution in [0.2, 0.25) is 0 Å². The van der Waals surface area contributed by atoms with Gasteiger partial charge in [0.25, 0.3) is 0 Å². The Bertz CT molecular complexity index is 609. The van der Waals surface area contributed by atoms with Gasteiger partial charge in [0, 0.05) is 25.0 Å². The summed E-state index contributed by atoms with van der Waals surface area (Å²) in [5, 5.41) is 3.42. The fourth-order valence-corrected chi connectivity index (χ4v) is 3.09. The Labute approximate surface area is 127 Å². The van der Waals surface area contributed by atoms with Gasteiger partial charge in [-0.3, -0.25) is 4.98 Å². The number of hydrogen-bond donors (Lipinski definition) is 1. The maximum Gasteiger partial charge on any atom is 0.0642 e. The second kappa shape index (κ2) is 6.27. The van der Waals surface area contributed by atoms with Gasteiger partial charge in [0.15, 0.2) is 0 Å². The molecule has 0 amide bonds. The summed E-state index contributed by atoms with van der Waals surface area (Å²) in [4.78, 5) is 6.79. The highest BCUT2D eigenvalue weighted by Crippen LogP contribution is 2.36. The van der Waals surface area contributed by atoms with E-state index in [1.54, 1.807) is 0 Å². The van der Waals surface area contributed by atoms with E-state index in [0.717, 1.165) is 26.1 Å². The molecule has 1 N–H and O–H groups in total. The first-order chi connectivity index (χ1) is 10.3. The highest BCUT2D eigenvalue weighted by molar-refractivity contribution is 5.69. The van der Waals surface area contributed by atoms with Crippen molar-refractivity contribution in [2.24, 2.45) is 5.92 Å². The standard InChI is InChI=1S/C18H23N3/c1-3-19-11-16-8-9-20-12-18(16)21-13-14(2)10-15-6-4-5-7-17(15)21/h4-9,12,14,19H,3,10-11,13H2,1-2H3. The van der Waals surface area contributed by atoms with Gasteiger partial charge in [-0.1, -0.05) is 32.0 Å². The summed E-state index contributed by atoms with van der Waals surface area (Å²) in [5.74, 6) is 0.659. The van der Waals surface area contributed by atoms with Crippen LogP contribution in [-0.2, 0) is 13.0 Å². The quantitative estimate of drug-likeness (QED) is 0.929. The number of benzene rings is 1. The Hall–Kier alpha value is -1.87. The van der Waals surface area contributed by atoms with E-state index in [1.165, 1.54) is 22.5 Å². The molecule has 1 atom stereocenters. The van der Waals surface area contributed by atoms with Gasteiger partial charge >= 0.3 is 0 Å². The average molecular weight is 281 g/mol. The minimum atomic E-state index is 0.659. The third kappa shape index (κ3) is 2.93. The summed E-state index contributed by atoms with van der Waals surface area (Å²) in [6.45, 7) is 7.39. The highest BCUT2D eigenvalue weighted by Gasteiger charge is 2.24. The number of nitrogens with zero attached hydrogens (tertiary/aromatic N) is 2. The Balaban J connectivity index is 2.00. The number of aromatic nitrogens is 1. The molecule has 0 bridgehead atoms. The first-order valence-electron chi connectivity index (χ1n) is 7.78. The molecule has 2 aromatic rings. The molecule has 21 heavy (non-hydrogen) atoms. The van der Waals surface area contributed by atoms with Crippen LogP contribution in [0.25, 0.3) is 0 Å². The summed E-state index contributed by atoms with van der Waals surface area (Å²) in [6, 6.07) is 10.9. The second-order valence-electron chi connectivity index (χ2n) is 5.83. The summed E-state index contributed by atoms with van der Waals surface area (Å²) >= 11 is 0. The number of fused-ring (bicyclic) bond motifs is 1. The largest absolute Gasteiger partial charge is 0.339 e. The number of rotatable bonds is 4. The van der Waals surface area contributed by atoms with Gasteiger partial charge in [-0.2, -0.15) is 0 Å². The van der Waals surface area contributed by atoms with Crippen LogP contribution in [0.15, 0.2) is 42.7 Å². The minimum Gasteiger partial charge on any atom is -0.339 e. The van der Waals surface area contributed by atoms with E-state index in [9.17, 15) is 0 Å². The van der Waals surface area contributed by atoms with Crippen LogP contribution < -0.4 is 10.2 Å². The molecule has 3 heteroatoms. The molecule has 0 fully saturated rings. The Morgan fingerprint density at radius 1 is 1.24 bits per heavy atom. The van der Waals surface area contributed by atoms with Crippen molar-refractivity contribution in [3.05, 3.63) is 53.9 Å².